The van der Waals surface area contributed by atoms with Gasteiger partial charge in [-0.1, -0.05) is 25.0 Å². The first-order valence-corrected chi connectivity index (χ1v) is 15.3. The summed E-state index contributed by atoms with van der Waals surface area (Å²) in [7, 11) is 0. The van der Waals surface area contributed by atoms with Crippen LogP contribution in [0.3, 0.4) is 0 Å². The molecule has 0 bridgehead atoms. The van der Waals surface area contributed by atoms with Crippen molar-refractivity contribution in [1.82, 2.24) is 15.2 Å². The second-order valence-corrected chi connectivity index (χ2v) is 12.5. The SMILES string of the molecule is N#CC1(NC(=O)C2CCCCC2c2nc(-c3ccc(F)cc3)sc2-c2ccc(C(=O)N3CCC(O)CC3)cc2)CC1. The fraction of sp³-hybridized carbons (Fsp3) is 0.438. The Balaban J connectivity index is 1.33. The molecule has 2 aliphatic carbocycles. The third-order valence-electron chi connectivity index (χ3n) is 8.67. The number of carbonyl (C=O) groups is 2. The first-order valence-electron chi connectivity index (χ1n) is 14.4. The Morgan fingerprint density at radius 1 is 1.00 bits per heavy atom. The Hall–Kier alpha value is -3.61. The van der Waals surface area contributed by atoms with Gasteiger partial charge in [-0.15, -0.1) is 11.3 Å². The molecule has 2 saturated carbocycles. The number of nitrogens with zero attached hydrogens (tertiary/aromatic N) is 3. The van der Waals surface area contributed by atoms with Gasteiger partial charge < -0.3 is 15.3 Å². The summed E-state index contributed by atoms with van der Waals surface area (Å²) in [5.74, 6) is -0.838. The second kappa shape index (κ2) is 11.3. The maximum atomic E-state index is 13.7. The van der Waals surface area contributed by atoms with Crippen LogP contribution < -0.4 is 5.32 Å². The van der Waals surface area contributed by atoms with Gasteiger partial charge in [0.1, 0.15) is 16.4 Å². The van der Waals surface area contributed by atoms with Crippen LogP contribution in [0, 0.1) is 23.1 Å². The molecule has 7 nitrogen and oxygen atoms in total. The lowest BCUT2D eigenvalue weighted by Gasteiger charge is -2.31. The van der Waals surface area contributed by atoms with Crippen LogP contribution in [-0.2, 0) is 4.79 Å². The van der Waals surface area contributed by atoms with Crippen molar-refractivity contribution >= 4 is 23.2 Å². The Morgan fingerprint density at radius 3 is 2.32 bits per heavy atom. The van der Waals surface area contributed by atoms with Crippen molar-refractivity contribution in [2.75, 3.05) is 13.1 Å². The topological polar surface area (TPSA) is 106 Å². The van der Waals surface area contributed by atoms with E-state index >= 15 is 0 Å². The third kappa shape index (κ3) is 5.77. The molecule has 1 aromatic heterocycles. The summed E-state index contributed by atoms with van der Waals surface area (Å²) in [4.78, 5) is 34.3. The molecule has 2 unspecified atom stereocenters. The van der Waals surface area contributed by atoms with Gasteiger partial charge in [0.15, 0.2) is 0 Å². The number of nitriles is 1. The molecule has 0 radical (unpaired) electrons. The number of aliphatic hydroxyl groups excluding tert-OH is 1. The number of rotatable bonds is 6. The predicted octanol–water partition coefficient (Wildman–Crippen LogP) is 5.66. The van der Waals surface area contributed by atoms with Crippen LogP contribution in [0.1, 0.15) is 73.3 Å². The maximum Gasteiger partial charge on any atom is 0.253 e. The third-order valence-corrected chi connectivity index (χ3v) is 9.84. The minimum absolute atomic E-state index is 0.0458. The van der Waals surface area contributed by atoms with Crippen LogP contribution >= 0.6 is 11.3 Å². The lowest BCUT2D eigenvalue weighted by atomic mass is 9.76. The highest BCUT2D eigenvalue weighted by Crippen LogP contribution is 2.46. The Kier molecular flexibility index (Phi) is 7.62. The number of carbonyl (C=O) groups excluding carboxylic acids is 2. The summed E-state index contributed by atoms with van der Waals surface area (Å²) in [6.07, 6.45) is 5.69. The highest BCUT2D eigenvalue weighted by Gasteiger charge is 2.47. The first kappa shape index (κ1) is 27.6. The number of likely N-dealkylation sites (tertiary alicyclic amines) is 1. The molecule has 41 heavy (non-hydrogen) atoms. The number of aliphatic hydroxyl groups is 1. The maximum absolute atomic E-state index is 13.7. The van der Waals surface area contributed by atoms with E-state index in [0.29, 0.717) is 44.3 Å². The standard InChI is InChI=1S/C32H33FN4O3S/c33-23-11-9-21(10-12-23)30-35-27(25-3-1-2-4-26(25)29(39)36-32(19-34)15-16-32)28(41-30)20-5-7-22(8-6-20)31(40)37-17-13-24(38)14-18-37/h5-12,24-26,38H,1-4,13-18H2,(H,36,39). The van der Waals surface area contributed by atoms with Gasteiger partial charge in [-0.2, -0.15) is 5.26 Å². The van der Waals surface area contributed by atoms with E-state index in [1.165, 1.54) is 23.5 Å². The fourth-order valence-corrected chi connectivity index (χ4v) is 7.16. The summed E-state index contributed by atoms with van der Waals surface area (Å²) in [5, 5.41) is 23.1. The molecule has 3 aliphatic rings. The molecule has 1 saturated heterocycles. The summed E-state index contributed by atoms with van der Waals surface area (Å²) < 4.78 is 13.7. The largest absolute Gasteiger partial charge is 0.393 e. The highest BCUT2D eigenvalue weighted by atomic mass is 32.1. The van der Waals surface area contributed by atoms with E-state index in [0.717, 1.165) is 52.4 Å². The highest BCUT2D eigenvalue weighted by molar-refractivity contribution is 7.18. The van der Waals surface area contributed by atoms with Gasteiger partial charge in [-0.3, -0.25) is 9.59 Å². The zero-order valence-electron chi connectivity index (χ0n) is 22.8. The minimum Gasteiger partial charge on any atom is -0.393 e. The Bertz CT molecular complexity index is 1470. The molecule has 6 rings (SSSR count). The number of benzene rings is 2. The Labute approximate surface area is 243 Å². The normalized spacial score (nSPS) is 22.1. The van der Waals surface area contributed by atoms with Gasteiger partial charge in [0.25, 0.3) is 5.91 Å². The average molecular weight is 573 g/mol. The summed E-state index contributed by atoms with van der Waals surface area (Å²) >= 11 is 1.51. The monoisotopic (exact) mass is 572 g/mol. The van der Waals surface area contributed by atoms with Crippen molar-refractivity contribution in [3.63, 3.8) is 0 Å². The van der Waals surface area contributed by atoms with Gasteiger partial charge in [-0.25, -0.2) is 9.37 Å². The lowest BCUT2D eigenvalue weighted by molar-refractivity contribution is -0.127. The van der Waals surface area contributed by atoms with Gasteiger partial charge in [-0.05, 0) is 80.5 Å². The van der Waals surface area contributed by atoms with Crippen molar-refractivity contribution in [3.05, 3.63) is 65.6 Å². The lowest BCUT2D eigenvalue weighted by Crippen LogP contribution is -2.42. The molecule has 212 valence electrons. The smallest absolute Gasteiger partial charge is 0.253 e. The first-order chi connectivity index (χ1) is 19.9. The van der Waals surface area contributed by atoms with Gasteiger partial charge in [0.2, 0.25) is 5.91 Å². The summed E-state index contributed by atoms with van der Waals surface area (Å²) in [6, 6.07) is 16.1. The van der Waals surface area contributed by atoms with E-state index in [1.807, 2.05) is 24.3 Å². The van der Waals surface area contributed by atoms with Crippen molar-refractivity contribution < 1.29 is 19.1 Å². The van der Waals surface area contributed by atoms with E-state index in [1.54, 1.807) is 17.0 Å². The van der Waals surface area contributed by atoms with E-state index in [2.05, 4.69) is 11.4 Å². The number of hydrogen-bond acceptors (Lipinski definition) is 6. The van der Waals surface area contributed by atoms with Crippen LogP contribution in [0.15, 0.2) is 48.5 Å². The molecular weight excluding hydrogens is 539 g/mol. The van der Waals surface area contributed by atoms with Crippen molar-refractivity contribution in [2.45, 2.75) is 68.9 Å². The molecule has 2 amide bonds. The van der Waals surface area contributed by atoms with Gasteiger partial charge >= 0.3 is 0 Å². The van der Waals surface area contributed by atoms with Crippen LogP contribution in [0.25, 0.3) is 21.0 Å². The second-order valence-electron chi connectivity index (χ2n) is 11.5. The average Bonchev–Trinajstić information content (AvgIpc) is 3.64. The van der Waals surface area contributed by atoms with E-state index in [4.69, 9.17) is 4.98 Å². The number of nitrogens with one attached hydrogen (secondary N) is 1. The summed E-state index contributed by atoms with van der Waals surface area (Å²) in [6.45, 7) is 1.08. The number of piperidine rings is 1. The molecule has 2 atom stereocenters. The summed E-state index contributed by atoms with van der Waals surface area (Å²) in [5.41, 5.74) is 2.44. The number of aromatic nitrogens is 1. The molecule has 1 aliphatic heterocycles. The van der Waals surface area contributed by atoms with Crippen LogP contribution in [0.2, 0.25) is 0 Å². The zero-order chi connectivity index (χ0) is 28.6. The molecule has 2 N–H and O–H groups in total. The van der Waals surface area contributed by atoms with Crippen LogP contribution in [-0.4, -0.2) is 51.5 Å². The van der Waals surface area contributed by atoms with E-state index in [9.17, 15) is 24.3 Å². The molecule has 9 heteroatoms. The van der Waals surface area contributed by atoms with Crippen molar-refractivity contribution in [3.8, 4) is 27.1 Å². The number of halogens is 1. The van der Waals surface area contributed by atoms with Crippen LogP contribution in [0.5, 0.6) is 0 Å². The van der Waals surface area contributed by atoms with E-state index in [-0.39, 0.29) is 35.6 Å². The van der Waals surface area contributed by atoms with Crippen molar-refractivity contribution in [1.29, 1.82) is 5.26 Å². The molecule has 3 aromatic rings. The zero-order valence-corrected chi connectivity index (χ0v) is 23.6. The van der Waals surface area contributed by atoms with Gasteiger partial charge in [0, 0.05) is 36.1 Å². The van der Waals surface area contributed by atoms with Gasteiger partial charge in [0.05, 0.1) is 22.7 Å². The molecule has 2 aromatic carbocycles. The molecular formula is C32H33FN4O3S. The van der Waals surface area contributed by atoms with Crippen molar-refractivity contribution in [2.24, 2.45) is 5.92 Å². The van der Waals surface area contributed by atoms with E-state index < -0.39 is 5.54 Å². The Morgan fingerprint density at radius 2 is 1.66 bits per heavy atom. The minimum atomic E-state index is -0.724. The number of hydrogen-bond donors (Lipinski definition) is 2. The molecule has 2 heterocycles. The predicted molar refractivity (Wildman–Crippen MR) is 155 cm³/mol. The quantitative estimate of drug-likeness (QED) is 0.397. The number of amides is 2. The molecule has 0 spiro atoms. The molecule has 3 fully saturated rings. The fourth-order valence-electron chi connectivity index (χ4n) is 6.01. The number of thiazole rings is 1. The van der Waals surface area contributed by atoms with Crippen LogP contribution in [0.4, 0.5) is 4.39 Å².